The van der Waals surface area contributed by atoms with Crippen molar-refractivity contribution in [3.8, 4) is 0 Å². The molecule has 2 aliphatic heterocycles. The van der Waals surface area contributed by atoms with Crippen LogP contribution in [0.5, 0.6) is 0 Å². The number of hydrogen-bond donors (Lipinski definition) is 3. The van der Waals surface area contributed by atoms with Crippen LogP contribution >= 0.6 is 12.4 Å². The van der Waals surface area contributed by atoms with Crippen molar-refractivity contribution in [1.29, 1.82) is 0 Å². The number of benzene rings is 1. The van der Waals surface area contributed by atoms with Gasteiger partial charge in [-0.1, -0.05) is 6.07 Å². The standard InChI is InChI=1S/C20H29N3O4.ClH/c1-14-18-12-16(22-19(24)13-27-17-4-8-21-9-5-17)3-2-15(18)6-10-23(14)11-7-20(25)26;/h2-3,12,14,17,21H,4-11,13H2,1H3,(H,22,24)(H,25,26);1H. The van der Waals surface area contributed by atoms with Crippen LogP contribution in [-0.4, -0.2) is 60.8 Å². The maximum absolute atomic E-state index is 12.2. The predicted octanol–water partition coefficient (Wildman–Crippen LogP) is 2.21. The molecule has 8 heteroatoms. The number of nitrogens with one attached hydrogen (secondary N) is 2. The molecule has 1 aromatic rings. The lowest BCUT2D eigenvalue weighted by atomic mass is 9.93. The zero-order valence-electron chi connectivity index (χ0n) is 16.3. The van der Waals surface area contributed by atoms with Gasteiger partial charge >= 0.3 is 5.97 Å². The van der Waals surface area contributed by atoms with E-state index in [9.17, 15) is 9.59 Å². The maximum Gasteiger partial charge on any atom is 0.304 e. The molecule has 0 saturated carbocycles. The predicted molar refractivity (Wildman–Crippen MR) is 110 cm³/mol. The highest BCUT2D eigenvalue weighted by molar-refractivity contribution is 5.91. The number of fused-ring (bicyclic) bond motifs is 1. The van der Waals surface area contributed by atoms with Crippen LogP contribution in [0.2, 0.25) is 0 Å². The van der Waals surface area contributed by atoms with Crippen LogP contribution in [0.3, 0.4) is 0 Å². The van der Waals surface area contributed by atoms with Crippen molar-refractivity contribution >= 4 is 30.0 Å². The second-order valence-corrected chi connectivity index (χ2v) is 7.33. The fourth-order valence-electron chi connectivity index (χ4n) is 3.84. The van der Waals surface area contributed by atoms with Gasteiger partial charge in [0.15, 0.2) is 0 Å². The molecule has 0 radical (unpaired) electrons. The summed E-state index contributed by atoms with van der Waals surface area (Å²) in [5, 5.41) is 15.1. The smallest absolute Gasteiger partial charge is 0.304 e. The van der Waals surface area contributed by atoms with Crippen LogP contribution in [0.4, 0.5) is 5.69 Å². The molecule has 28 heavy (non-hydrogen) atoms. The number of carbonyl (C=O) groups excluding carboxylic acids is 1. The van der Waals surface area contributed by atoms with Crippen LogP contribution in [0.25, 0.3) is 0 Å². The number of carbonyl (C=O) groups is 2. The molecule has 3 rings (SSSR count). The Bertz CT molecular complexity index is 679. The zero-order chi connectivity index (χ0) is 19.2. The average Bonchev–Trinajstić information content (AvgIpc) is 2.67. The average molecular weight is 412 g/mol. The number of nitrogens with zero attached hydrogens (tertiary/aromatic N) is 1. The minimum atomic E-state index is -0.775. The van der Waals surface area contributed by atoms with Crippen molar-refractivity contribution in [2.45, 2.75) is 44.8 Å². The number of piperidine rings is 1. The van der Waals surface area contributed by atoms with E-state index in [4.69, 9.17) is 9.84 Å². The van der Waals surface area contributed by atoms with Crippen LogP contribution < -0.4 is 10.6 Å². The Kier molecular flexibility index (Phi) is 8.69. The van der Waals surface area contributed by atoms with Gasteiger partial charge < -0.3 is 20.5 Å². The molecule has 1 unspecified atom stereocenters. The fourth-order valence-corrected chi connectivity index (χ4v) is 3.84. The summed E-state index contributed by atoms with van der Waals surface area (Å²) in [4.78, 5) is 25.3. The topological polar surface area (TPSA) is 90.9 Å². The lowest BCUT2D eigenvalue weighted by molar-refractivity contribution is -0.137. The van der Waals surface area contributed by atoms with Crippen molar-refractivity contribution in [2.75, 3.05) is 38.1 Å². The number of carboxylic acids is 1. The molecule has 0 bridgehead atoms. The third-order valence-corrected chi connectivity index (χ3v) is 5.44. The van der Waals surface area contributed by atoms with Gasteiger partial charge in [0.05, 0.1) is 12.5 Å². The fraction of sp³-hybridized carbons (Fsp3) is 0.600. The van der Waals surface area contributed by atoms with Gasteiger partial charge in [0, 0.05) is 24.8 Å². The first kappa shape index (κ1) is 22.6. The first-order valence-corrected chi connectivity index (χ1v) is 9.74. The number of carboxylic acid groups (broad SMARTS) is 1. The van der Waals surface area contributed by atoms with E-state index in [2.05, 4.69) is 28.5 Å². The van der Waals surface area contributed by atoms with E-state index in [0.29, 0.717) is 6.54 Å². The Morgan fingerprint density at radius 3 is 2.79 bits per heavy atom. The minimum Gasteiger partial charge on any atom is -0.481 e. The van der Waals surface area contributed by atoms with E-state index in [1.807, 2.05) is 12.1 Å². The van der Waals surface area contributed by atoms with Gasteiger partial charge in [-0.3, -0.25) is 14.5 Å². The van der Waals surface area contributed by atoms with Crippen molar-refractivity contribution in [3.05, 3.63) is 29.3 Å². The zero-order valence-corrected chi connectivity index (χ0v) is 17.1. The molecule has 1 fully saturated rings. The third-order valence-electron chi connectivity index (χ3n) is 5.44. The number of anilines is 1. The molecule has 0 spiro atoms. The quantitative estimate of drug-likeness (QED) is 0.637. The monoisotopic (exact) mass is 411 g/mol. The molecule has 0 aromatic heterocycles. The number of ether oxygens (including phenoxy) is 1. The van der Waals surface area contributed by atoms with Crippen LogP contribution in [0, 0.1) is 0 Å². The molecule has 0 aliphatic carbocycles. The van der Waals surface area contributed by atoms with Crippen molar-refractivity contribution in [3.63, 3.8) is 0 Å². The molecule has 1 amide bonds. The van der Waals surface area contributed by atoms with Gasteiger partial charge in [-0.2, -0.15) is 0 Å². The van der Waals surface area contributed by atoms with Crippen LogP contribution in [-0.2, 0) is 20.7 Å². The molecule has 1 saturated heterocycles. The largest absolute Gasteiger partial charge is 0.481 e. The van der Waals surface area contributed by atoms with E-state index in [1.54, 1.807) is 0 Å². The molecule has 2 aliphatic rings. The van der Waals surface area contributed by atoms with Crippen LogP contribution in [0.15, 0.2) is 18.2 Å². The highest BCUT2D eigenvalue weighted by Crippen LogP contribution is 2.31. The Labute approximate surface area is 172 Å². The van der Waals surface area contributed by atoms with Crippen molar-refractivity contribution < 1.29 is 19.4 Å². The summed E-state index contributed by atoms with van der Waals surface area (Å²) >= 11 is 0. The first-order valence-electron chi connectivity index (χ1n) is 9.74. The van der Waals surface area contributed by atoms with Crippen molar-refractivity contribution in [1.82, 2.24) is 10.2 Å². The summed E-state index contributed by atoms with van der Waals surface area (Å²) in [6, 6.07) is 6.14. The lowest BCUT2D eigenvalue weighted by Gasteiger charge is -2.35. The summed E-state index contributed by atoms with van der Waals surface area (Å²) < 4.78 is 5.71. The summed E-state index contributed by atoms with van der Waals surface area (Å²) in [6.07, 6.45) is 3.07. The van der Waals surface area contributed by atoms with Crippen LogP contribution in [0.1, 0.15) is 43.4 Å². The van der Waals surface area contributed by atoms with E-state index < -0.39 is 5.97 Å². The minimum absolute atomic E-state index is 0. The van der Waals surface area contributed by atoms with Gasteiger partial charge in [-0.15, -0.1) is 12.4 Å². The van der Waals surface area contributed by atoms with Crippen molar-refractivity contribution in [2.24, 2.45) is 0 Å². The molecule has 1 atom stereocenters. The molecule has 3 N–H and O–H groups in total. The SMILES string of the molecule is CC1c2cc(NC(=O)COC3CCNCC3)ccc2CCN1CCC(=O)O.Cl. The van der Waals surface area contributed by atoms with E-state index >= 15 is 0 Å². The molecule has 1 aromatic carbocycles. The summed E-state index contributed by atoms with van der Waals surface area (Å²) in [5.41, 5.74) is 3.18. The van der Waals surface area contributed by atoms with Gasteiger partial charge in [0.25, 0.3) is 0 Å². The molecular formula is C20H30ClN3O4. The summed E-state index contributed by atoms with van der Waals surface area (Å²) in [6.45, 7) is 5.43. The highest BCUT2D eigenvalue weighted by atomic mass is 35.5. The molecule has 7 nitrogen and oxygen atoms in total. The molecule has 2 heterocycles. The molecular weight excluding hydrogens is 382 g/mol. The highest BCUT2D eigenvalue weighted by Gasteiger charge is 2.24. The van der Waals surface area contributed by atoms with E-state index in [-0.39, 0.29) is 43.5 Å². The summed E-state index contributed by atoms with van der Waals surface area (Å²) in [5.74, 6) is -0.914. The second kappa shape index (κ2) is 10.8. The normalized spacial score (nSPS) is 20.1. The first-order chi connectivity index (χ1) is 13.0. The number of aliphatic carboxylic acids is 1. The number of hydrogen-bond acceptors (Lipinski definition) is 5. The van der Waals surface area contributed by atoms with Gasteiger partial charge in [0.1, 0.15) is 6.61 Å². The van der Waals surface area contributed by atoms with E-state index in [1.165, 1.54) is 5.56 Å². The number of amides is 1. The Balaban J connectivity index is 0.00000280. The maximum atomic E-state index is 12.2. The lowest BCUT2D eigenvalue weighted by Crippen LogP contribution is -2.35. The Hall–Kier alpha value is -1.67. The molecule has 156 valence electrons. The summed E-state index contributed by atoms with van der Waals surface area (Å²) in [7, 11) is 0. The number of rotatable bonds is 7. The Morgan fingerprint density at radius 2 is 2.07 bits per heavy atom. The second-order valence-electron chi connectivity index (χ2n) is 7.33. The van der Waals surface area contributed by atoms with E-state index in [0.717, 1.165) is 50.1 Å². The number of halogens is 1. The Morgan fingerprint density at radius 1 is 1.32 bits per heavy atom. The van der Waals surface area contributed by atoms with Gasteiger partial charge in [0.2, 0.25) is 5.91 Å². The third kappa shape index (κ3) is 6.17. The van der Waals surface area contributed by atoms with Gasteiger partial charge in [-0.05, 0) is 62.5 Å². The van der Waals surface area contributed by atoms with Gasteiger partial charge in [-0.25, -0.2) is 0 Å².